The number of pyridine rings is 4. The molecule has 0 fully saturated rings. The third-order valence-electron chi connectivity index (χ3n) is 9.79. The first-order valence-corrected chi connectivity index (χ1v) is 24.8. The maximum atomic E-state index is 12.0. The van der Waals surface area contributed by atoms with E-state index in [4.69, 9.17) is 37.9 Å². The van der Waals surface area contributed by atoms with Gasteiger partial charge >= 0.3 is 0 Å². The minimum absolute atomic E-state index is 0.0959. The van der Waals surface area contributed by atoms with Gasteiger partial charge < -0.3 is 80.4 Å². The predicted octanol–water partition coefficient (Wildman–Crippen LogP) is -0.664. The van der Waals surface area contributed by atoms with Crippen LogP contribution in [0.4, 0.5) is 0 Å². The lowest BCUT2D eigenvalue weighted by Gasteiger charge is -2.09. The Balaban J connectivity index is 0.000000533. The van der Waals surface area contributed by atoms with Crippen molar-refractivity contribution in [2.24, 2.45) is 0 Å². The summed E-state index contributed by atoms with van der Waals surface area (Å²) in [6.45, 7) is 6.37. The molecule has 28 heteroatoms. The maximum Gasteiger partial charge on any atom is 0.270 e. The van der Waals surface area contributed by atoms with Crippen molar-refractivity contribution in [2.75, 3.05) is 162 Å². The van der Waals surface area contributed by atoms with Gasteiger partial charge in [0.1, 0.15) is 17.1 Å². The molecule has 28 nitrogen and oxygen atoms in total. The molecule has 80 heavy (non-hydrogen) atoms. The fourth-order valence-corrected chi connectivity index (χ4v) is 5.81. The van der Waals surface area contributed by atoms with Crippen LogP contribution >= 0.6 is 0 Å². The topological polar surface area (TPSA) is 358 Å². The molecule has 0 aromatic carbocycles. The van der Waals surface area contributed by atoms with Gasteiger partial charge in [-0.3, -0.25) is 53.3 Å². The van der Waals surface area contributed by atoms with Gasteiger partial charge in [0.2, 0.25) is 0 Å². The molecule has 8 amide bonds. The second kappa shape index (κ2) is 45.0. The van der Waals surface area contributed by atoms with Gasteiger partial charge in [-0.1, -0.05) is 6.07 Å². The Kier molecular flexibility index (Phi) is 39.4. The number of carbonyl (C=O) groups is 8. The Morgan fingerprint density at radius 2 is 0.700 bits per heavy atom. The molecule has 0 aliphatic carbocycles. The zero-order valence-corrected chi connectivity index (χ0v) is 46.6. The molecular weight excluding hydrogens is 1050 g/mol. The maximum absolute atomic E-state index is 12.0. The number of nitrogens with one attached hydrogen (secondary N) is 8. The van der Waals surface area contributed by atoms with Crippen molar-refractivity contribution in [2.45, 2.75) is 0 Å². The summed E-state index contributed by atoms with van der Waals surface area (Å²) in [5, 5.41) is 21.2. The van der Waals surface area contributed by atoms with E-state index in [0.717, 1.165) is 0 Å². The first-order valence-electron chi connectivity index (χ1n) is 24.8. The number of hydrogen-bond donors (Lipinski definition) is 8. The van der Waals surface area contributed by atoms with Crippen LogP contribution in [0, 0.1) is 0 Å². The second-order valence-electron chi connectivity index (χ2n) is 15.7. The summed E-state index contributed by atoms with van der Waals surface area (Å²) >= 11 is 0. The van der Waals surface area contributed by atoms with Crippen LogP contribution in [-0.4, -0.2) is 229 Å². The third-order valence-corrected chi connectivity index (χ3v) is 9.79. The minimum atomic E-state index is -0.403. The molecule has 0 aliphatic heterocycles. The van der Waals surface area contributed by atoms with Crippen LogP contribution in [0.2, 0.25) is 0 Å². The van der Waals surface area contributed by atoms with E-state index in [-0.39, 0.29) is 75.1 Å². The summed E-state index contributed by atoms with van der Waals surface area (Å²) in [6, 6.07) is 10.9. The largest absolute Gasteiger partial charge is 0.383 e. The molecule has 0 radical (unpaired) electrons. The van der Waals surface area contributed by atoms with E-state index in [0.29, 0.717) is 116 Å². The van der Waals surface area contributed by atoms with E-state index in [2.05, 4.69) is 62.5 Å². The van der Waals surface area contributed by atoms with E-state index >= 15 is 0 Å². The summed E-state index contributed by atoms with van der Waals surface area (Å²) in [7, 11) is 12.4. The Labute approximate surface area is 465 Å². The summed E-state index contributed by atoms with van der Waals surface area (Å²) in [5.41, 5.74) is 1.91. The second-order valence-corrected chi connectivity index (χ2v) is 15.7. The summed E-state index contributed by atoms with van der Waals surface area (Å²) in [4.78, 5) is 111. The molecule has 0 bridgehead atoms. The lowest BCUT2D eigenvalue weighted by atomic mass is 10.1. The molecule has 0 atom stereocenters. The molecule has 0 unspecified atom stereocenters. The number of methoxy groups -OCH3 is 8. The van der Waals surface area contributed by atoms with E-state index in [1.807, 2.05) is 0 Å². The van der Waals surface area contributed by atoms with Crippen LogP contribution in [0.5, 0.6) is 0 Å². The summed E-state index contributed by atoms with van der Waals surface area (Å²) in [6.07, 6.45) is 7.13. The van der Waals surface area contributed by atoms with Crippen LogP contribution in [0.25, 0.3) is 0 Å². The third kappa shape index (κ3) is 29.7. The van der Waals surface area contributed by atoms with Gasteiger partial charge in [-0.05, 0) is 36.4 Å². The van der Waals surface area contributed by atoms with Gasteiger partial charge in [-0.2, -0.15) is 0 Å². The van der Waals surface area contributed by atoms with Gasteiger partial charge in [-0.15, -0.1) is 0 Å². The van der Waals surface area contributed by atoms with Crippen molar-refractivity contribution in [3.05, 3.63) is 118 Å². The Hall–Kier alpha value is -7.96. The van der Waals surface area contributed by atoms with E-state index in [1.54, 1.807) is 87.2 Å². The van der Waals surface area contributed by atoms with Crippen LogP contribution in [0.1, 0.15) is 83.3 Å². The highest BCUT2D eigenvalue weighted by Gasteiger charge is 2.19. The number of hydrogen-bond acceptors (Lipinski definition) is 20. The Bertz CT molecular complexity index is 2150. The van der Waals surface area contributed by atoms with Gasteiger partial charge in [0.15, 0.2) is 0 Å². The molecule has 4 aromatic rings. The molecule has 0 saturated carbocycles. The van der Waals surface area contributed by atoms with Crippen molar-refractivity contribution in [3.63, 3.8) is 0 Å². The predicted molar refractivity (Wildman–Crippen MR) is 291 cm³/mol. The number of rotatable bonds is 32. The average molecular weight is 1130 g/mol. The quantitative estimate of drug-likeness (QED) is 0.0281. The highest BCUT2D eigenvalue weighted by atomic mass is 16.5. The lowest BCUT2D eigenvalue weighted by Crippen LogP contribution is -2.33. The van der Waals surface area contributed by atoms with Gasteiger partial charge in [0, 0.05) is 140 Å². The number of carbonyl (C=O) groups excluding carboxylic acids is 8. The molecule has 0 spiro atoms. The van der Waals surface area contributed by atoms with Crippen LogP contribution in [-0.2, 0) is 37.9 Å². The standard InChI is InChI=1S/4C13H19N3O4/c1-19-5-3-15-12(17)10-7-11(9-14-8-10)13(18)16-4-6-20-2;1-19-7-5-15-12(17)10-3-4-14-9-11(10)13(18)16-6-8-20-2;1-19-8-6-15-12(17)10-4-3-5-14-11(10)13(18)16-7-9-20-2;1-19-8-6-14-12(17)10-4-3-5-11(16-10)13(18)15-7-9-20-2/h7-9H,3-6H2,1-2H3,(H,15,17)(H,16,18);3-4,9H,5-8H2,1-2H3,(H,15,17)(H,16,18);3-5H,6-9H2,1-2H3,(H,15,17)(H,16,18);3-5H,6-9H2,1-2H3,(H,14,17)(H,15,18). The van der Waals surface area contributed by atoms with Gasteiger partial charge in [0.05, 0.1) is 80.7 Å². The number of ether oxygens (including phenoxy) is 8. The molecule has 0 saturated heterocycles. The minimum Gasteiger partial charge on any atom is -0.383 e. The highest BCUT2D eigenvalue weighted by molar-refractivity contribution is 6.07. The number of aromatic nitrogens is 4. The molecule has 440 valence electrons. The van der Waals surface area contributed by atoms with E-state index < -0.39 is 5.91 Å². The van der Waals surface area contributed by atoms with Crippen LogP contribution in [0.15, 0.2) is 73.4 Å². The molecule has 4 heterocycles. The summed E-state index contributed by atoms with van der Waals surface area (Å²) in [5.74, 6) is -2.70. The fourth-order valence-electron chi connectivity index (χ4n) is 5.81. The van der Waals surface area contributed by atoms with Crippen molar-refractivity contribution in [1.82, 2.24) is 62.5 Å². The van der Waals surface area contributed by atoms with Gasteiger partial charge in [-0.25, -0.2) is 4.98 Å². The molecule has 8 N–H and O–H groups in total. The van der Waals surface area contributed by atoms with Crippen molar-refractivity contribution < 1.29 is 76.3 Å². The molecule has 0 aliphatic rings. The zero-order chi connectivity index (χ0) is 59.2. The molecule has 4 aromatic heterocycles. The smallest absolute Gasteiger partial charge is 0.270 e. The first kappa shape index (κ1) is 70.1. The zero-order valence-electron chi connectivity index (χ0n) is 46.6. The Morgan fingerprint density at radius 1 is 0.350 bits per heavy atom. The first-order chi connectivity index (χ1) is 38.8. The summed E-state index contributed by atoms with van der Waals surface area (Å²) < 4.78 is 38.7. The average Bonchev–Trinajstić information content (AvgIpc) is 3.48. The Morgan fingerprint density at radius 3 is 1.10 bits per heavy atom. The number of nitrogens with zero attached hydrogens (tertiary/aromatic N) is 4. The van der Waals surface area contributed by atoms with Crippen molar-refractivity contribution in [3.8, 4) is 0 Å². The SMILES string of the molecule is COCCNC(=O)c1cccc(C(=O)NCCOC)n1.COCCNC(=O)c1cccnc1C(=O)NCCOC.COCCNC(=O)c1ccncc1C(=O)NCCOC.COCCNC(=O)c1cncc(C(=O)NCCOC)c1. The molecule has 4 rings (SSSR count). The van der Waals surface area contributed by atoms with Crippen molar-refractivity contribution in [1.29, 1.82) is 0 Å². The van der Waals surface area contributed by atoms with Gasteiger partial charge in [0.25, 0.3) is 47.3 Å². The molecular formula is C52H76N12O16. The monoisotopic (exact) mass is 1120 g/mol. The van der Waals surface area contributed by atoms with Crippen molar-refractivity contribution >= 4 is 47.3 Å². The normalized spacial score (nSPS) is 10.1. The van der Waals surface area contributed by atoms with E-state index in [9.17, 15) is 38.4 Å². The highest BCUT2D eigenvalue weighted by Crippen LogP contribution is 2.08. The fraction of sp³-hybridized carbons (Fsp3) is 0.462. The lowest BCUT2D eigenvalue weighted by molar-refractivity contribution is 0.0899. The van der Waals surface area contributed by atoms with Crippen LogP contribution < -0.4 is 42.5 Å². The van der Waals surface area contributed by atoms with E-state index in [1.165, 1.54) is 43.1 Å². The number of amides is 8. The van der Waals surface area contributed by atoms with Crippen LogP contribution in [0.3, 0.4) is 0 Å².